The molecular formula is C14H10BrNO5. The molecule has 0 aromatic heterocycles. The lowest BCUT2D eigenvalue weighted by atomic mass is 10.0. The zero-order valence-corrected chi connectivity index (χ0v) is 12.5. The number of carbonyl (C=O) groups is 1. The fraction of sp³-hybridized carbons (Fsp3) is 0.0714. The van der Waals surface area contributed by atoms with Gasteiger partial charge in [-0.1, -0.05) is 12.1 Å². The van der Waals surface area contributed by atoms with Crippen molar-refractivity contribution in [1.29, 1.82) is 0 Å². The summed E-state index contributed by atoms with van der Waals surface area (Å²) in [6.45, 7) is 0. The average Bonchev–Trinajstić information content (AvgIpc) is 2.46. The fourth-order valence-corrected chi connectivity index (χ4v) is 2.56. The molecule has 2 rings (SSSR count). The number of rotatable bonds is 3. The van der Waals surface area contributed by atoms with Crippen LogP contribution in [0.4, 0.5) is 5.69 Å². The Morgan fingerprint density at radius 2 is 1.90 bits per heavy atom. The van der Waals surface area contributed by atoms with Crippen LogP contribution < -0.4 is 0 Å². The number of hydrogen-bond acceptors (Lipinski definition) is 5. The van der Waals surface area contributed by atoms with Gasteiger partial charge in [-0.3, -0.25) is 10.1 Å². The van der Waals surface area contributed by atoms with Gasteiger partial charge in [-0.2, -0.15) is 0 Å². The number of nitro benzene ring substituents is 1. The third kappa shape index (κ3) is 3.03. The molecular weight excluding hydrogens is 342 g/mol. The van der Waals surface area contributed by atoms with E-state index >= 15 is 0 Å². The quantitative estimate of drug-likeness (QED) is 0.519. The third-order valence-electron chi connectivity index (χ3n) is 2.84. The molecule has 0 saturated heterocycles. The van der Waals surface area contributed by atoms with Crippen LogP contribution in [-0.4, -0.2) is 23.1 Å². The van der Waals surface area contributed by atoms with Gasteiger partial charge in [0.2, 0.25) is 0 Å². The monoisotopic (exact) mass is 351 g/mol. The number of phenols is 1. The van der Waals surface area contributed by atoms with Crippen LogP contribution in [0.25, 0.3) is 11.1 Å². The number of nitrogens with zero attached hydrogens (tertiary/aromatic N) is 1. The van der Waals surface area contributed by atoms with Gasteiger partial charge in [0.15, 0.2) is 0 Å². The second kappa shape index (κ2) is 5.92. The van der Waals surface area contributed by atoms with Gasteiger partial charge in [-0.15, -0.1) is 0 Å². The molecule has 7 heteroatoms. The second-order valence-corrected chi connectivity index (χ2v) is 5.00. The number of phenolic OH excluding ortho intramolecular Hbond substituents is 1. The van der Waals surface area contributed by atoms with Crippen molar-refractivity contribution in [2.24, 2.45) is 0 Å². The summed E-state index contributed by atoms with van der Waals surface area (Å²) in [5.41, 5.74) is 0.726. The van der Waals surface area contributed by atoms with Crippen molar-refractivity contribution in [2.75, 3.05) is 7.11 Å². The summed E-state index contributed by atoms with van der Waals surface area (Å²) in [7, 11) is 1.20. The molecule has 0 aliphatic rings. The van der Waals surface area contributed by atoms with E-state index in [4.69, 9.17) is 0 Å². The lowest BCUT2D eigenvalue weighted by Gasteiger charge is -2.08. The van der Waals surface area contributed by atoms with Crippen molar-refractivity contribution in [3.63, 3.8) is 0 Å². The Labute approximate surface area is 128 Å². The van der Waals surface area contributed by atoms with E-state index in [1.165, 1.54) is 31.4 Å². The predicted molar refractivity (Wildman–Crippen MR) is 79.2 cm³/mol. The number of benzene rings is 2. The van der Waals surface area contributed by atoms with Gasteiger partial charge in [-0.05, 0) is 39.7 Å². The normalized spacial score (nSPS) is 10.2. The number of methoxy groups -OCH3 is 1. The topological polar surface area (TPSA) is 89.7 Å². The summed E-state index contributed by atoms with van der Waals surface area (Å²) in [5.74, 6) is -0.597. The highest BCUT2D eigenvalue weighted by atomic mass is 79.9. The van der Waals surface area contributed by atoms with Crippen LogP contribution in [0.5, 0.6) is 5.75 Å². The van der Waals surface area contributed by atoms with E-state index in [9.17, 15) is 20.0 Å². The minimum absolute atomic E-state index is 0.0590. The van der Waals surface area contributed by atoms with E-state index in [0.29, 0.717) is 15.6 Å². The fourth-order valence-electron chi connectivity index (χ4n) is 1.89. The van der Waals surface area contributed by atoms with Gasteiger partial charge < -0.3 is 9.84 Å². The van der Waals surface area contributed by atoms with Crippen LogP contribution in [0.3, 0.4) is 0 Å². The van der Waals surface area contributed by atoms with Crippen molar-refractivity contribution in [3.8, 4) is 16.9 Å². The van der Waals surface area contributed by atoms with Crippen molar-refractivity contribution >= 4 is 27.6 Å². The highest BCUT2D eigenvalue weighted by Crippen LogP contribution is 2.38. The molecule has 0 bridgehead atoms. The Kier molecular flexibility index (Phi) is 4.23. The van der Waals surface area contributed by atoms with E-state index in [2.05, 4.69) is 20.7 Å². The number of aromatic hydroxyl groups is 1. The summed E-state index contributed by atoms with van der Waals surface area (Å²) in [6.07, 6.45) is 0. The minimum atomic E-state index is -0.656. The molecule has 0 amide bonds. The Morgan fingerprint density at radius 3 is 2.43 bits per heavy atom. The molecule has 0 spiro atoms. The van der Waals surface area contributed by atoms with Crippen molar-refractivity contribution in [2.45, 2.75) is 0 Å². The van der Waals surface area contributed by atoms with Crippen LogP contribution in [0.2, 0.25) is 0 Å². The Balaban J connectivity index is 2.68. The molecule has 0 fully saturated rings. The molecule has 0 aliphatic carbocycles. The minimum Gasteiger partial charge on any atom is -0.508 e. The van der Waals surface area contributed by atoms with Crippen LogP contribution >= 0.6 is 15.9 Å². The molecule has 0 saturated carbocycles. The maximum Gasteiger partial charge on any atom is 0.338 e. The van der Waals surface area contributed by atoms with Crippen LogP contribution in [0.1, 0.15) is 10.4 Å². The van der Waals surface area contributed by atoms with E-state index in [1.807, 2.05) is 0 Å². The molecule has 2 aromatic rings. The molecule has 0 radical (unpaired) electrons. The number of nitro groups is 1. The number of hydrogen-bond donors (Lipinski definition) is 1. The molecule has 0 heterocycles. The van der Waals surface area contributed by atoms with Crippen LogP contribution in [-0.2, 0) is 4.74 Å². The van der Waals surface area contributed by atoms with Crippen LogP contribution in [0.15, 0.2) is 40.9 Å². The Hall–Kier alpha value is -2.41. The molecule has 0 unspecified atom stereocenters. The summed E-state index contributed by atoms with van der Waals surface area (Å²) >= 11 is 3.24. The van der Waals surface area contributed by atoms with Gasteiger partial charge in [0.25, 0.3) is 5.69 Å². The van der Waals surface area contributed by atoms with E-state index in [-0.39, 0.29) is 17.0 Å². The lowest BCUT2D eigenvalue weighted by Crippen LogP contribution is -2.03. The third-order valence-corrected chi connectivity index (χ3v) is 3.47. The van der Waals surface area contributed by atoms with Crippen LogP contribution in [0, 0.1) is 10.1 Å². The summed E-state index contributed by atoms with van der Waals surface area (Å²) < 4.78 is 4.96. The molecule has 6 nitrogen and oxygen atoms in total. The van der Waals surface area contributed by atoms with Gasteiger partial charge >= 0.3 is 5.97 Å². The Bertz CT molecular complexity index is 712. The number of halogens is 1. The first-order valence-electron chi connectivity index (χ1n) is 5.79. The number of carbonyl (C=O) groups excluding carboxylic acids is 1. The summed E-state index contributed by atoms with van der Waals surface area (Å²) in [5, 5.41) is 20.6. The molecule has 108 valence electrons. The summed E-state index contributed by atoms with van der Waals surface area (Å²) in [4.78, 5) is 22.2. The molecule has 0 aliphatic heterocycles. The maximum absolute atomic E-state index is 11.5. The van der Waals surface area contributed by atoms with Gasteiger partial charge in [-0.25, -0.2) is 4.79 Å². The summed E-state index contributed by atoms with van der Waals surface area (Å²) in [6, 6.07) is 8.60. The van der Waals surface area contributed by atoms with E-state index in [0.717, 1.165) is 0 Å². The first kappa shape index (κ1) is 15.0. The SMILES string of the molecule is COC(=O)c1cc(Br)c(-c2ccc(O)cc2)c([N+](=O)[O-])c1. The van der Waals surface area contributed by atoms with Gasteiger partial charge in [0.05, 0.1) is 23.2 Å². The highest BCUT2D eigenvalue weighted by molar-refractivity contribution is 9.10. The first-order chi connectivity index (χ1) is 9.93. The standard InChI is InChI=1S/C14H10BrNO5/c1-21-14(18)9-6-11(15)13(12(7-9)16(19)20)8-2-4-10(17)5-3-8/h2-7,17H,1H3. The lowest BCUT2D eigenvalue weighted by molar-refractivity contribution is -0.384. The largest absolute Gasteiger partial charge is 0.508 e. The highest BCUT2D eigenvalue weighted by Gasteiger charge is 2.22. The number of esters is 1. The van der Waals surface area contributed by atoms with Crippen molar-refractivity contribution in [1.82, 2.24) is 0 Å². The first-order valence-corrected chi connectivity index (χ1v) is 6.59. The molecule has 0 atom stereocenters. The molecule has 2 aromatic carbocycles. The maximum atomic E-state index is 11.5. The van der Waals surface area contributed by atoms with Crippen molar-refractivity contribution in [3.05, 3.63) is 56.5 Å². The average molecular weight is 352 g/mol. The van der Waals surface area contributed by atoms with Gasteiger partial charge in [0, 0.05) is 10.5 Å². The molecule has 1 N–H and O–H groups in total. The predicted octanol–water partition coefficient (Wildman–Crippen LogP) is 3.52. The van der Waals surface area contributed by atoms with Gasteiger partial charge in [0.1, 0.15) is 5.75 Å². The zero-order valence-electron chi connectivity index (χ0n) is 10.9. The van der Waals surface area contributed by atoms with Crippen molar-refractivity contribution < 1.29 is 19.6 Å². The van der Waals surface area contributed by atoms with E-state index < -0.39 is 10.9 Å². The Morgan fingerprint density at radius 1 is 1.29 bits per heavy atom. The second-order valence-electron chi connectivity index (χ2n) is 4.15. The van der Waals surface area contributed by atoms with E-state index in [1.54, 1.807) is 12.1 Å². The molecule has 21 heavy (non-hydrogen) atoms. The number of ether oxygens (including phenoxy) is 1. The smallest absolute Gasteiger partial charge is 0.338 e. The zero-order chi connectivity index (χ0) is 15.6.